The fourth-order valence-corrected chi connectivity index (χ4v) is 3.22. The Morgan fingerprint density at radius 2 is 1.83 bits per heavy atom. The third-order valence-corrected chi connectivity index (χ3v) is 4.51. The Hall–Kier alpha value is -2.45. The molecule has 1 aliphatic heterocycles. The van der Waals surface area contributed by atoms with E-state index in [0.717, 1.165) is 17.5 Å². The summed E-state index contributed by atoms with van der Waals surface area (Å²) in [7, 11) is 0. The molecule has 2 aromatic rings. The number of guanidine groups is 2. The van der Waals surface area contributed by atoms with Gasteiger partial charge in [-0.2, -0.15) is 10.1 Å². The number of hydroxylamine groups is 2. The summed E-state index contributed by atoms with van der Waals surface area (Å²) < 4.78 is 14.3. The Balaban J connectivity index is 0.00000300. The first-order valence-corrected chi connectivity index (χ1v) is 9.23. The molecular weight excluding hydrogens is 437 g/mol. The van der Waals surface area contributed by atoms with Gasteiger partial charge < -0.3 is 11.5 Å². The van der Waals surface area contributed by atoms with E-state index in [1.54, 1.807) is 0 Å². The third-order valence-electron chi connectivity index (χ3n) is 4.51. The predicted octanol–water partition coefficient (Wildman–Crippen LogP) is 3.86. The number of benzene rings is 2. The maximum atomic E-state index is 14.3. The van der Waals surface area contributed by atoms with Crippen molar-refractivity contribution in [1.29, 1.82) is 0 Å². The van der Waals surface area contributed by atoms with Gasteiger partial charge in [-0.3, -0.25) is 4.84 Å². The number of halogens is 2. The van der Waals surface area contributed by atoms with Crippen LogP contribution in [0.15, 0.2) is 58.5 Å². The predicted molar refractivity (Wildman–Crippen MR) is 120 cm³/mol. The molecule has 0 aliphatic carbocycles. The molecule has 6 nitrogen and oxygen atoms in total. The average molecular weight is 464 g/mol. The SMILES string of the molecule is Br.CC(CON1C(N)=NC(N)=NC1(C)C)Cc1ccc(F)c(-c2ccccc2)c1. The first kappa shape index (κ1) is 22.8. The molecule has 1 unspecified atom stereocenters. The fourth-order valence-electron chi connectivity index (χ4n) is 3.22. The first-order chi connectivity index (χ1) is 13.3. The quantitative estimate of drug-likeness (QED) is 0.680. The molecule has 4 N–H and O–H groups in total. The maximum Gasteiger partial charge on any atom is 0.226 e. The molecule has 1 heterocycles. The molecule has 0 bridgehead atoms. The van der Waals surface area contributed by atoms with Gasteiger partial charge in [0.05, 0.1) is 6.61 Å². The van der Waals surface area contributed by atoms with Crippen LogP contribution in [-0.4, -0.2) is 29.3 Å². The zero-order valence-electron chi connectivity index (χ0n) is 16.8. The minimum atomic E-state index is -0.730. The number of nitrogens with zero attached hydrogens (tertiary/aromatic N) is 3. The van der Waals surface area contributed by atoms with Gasteiger partial charge in [-0.05, 0) is 49.4 Å². The highest BCUT2D eigenvalue weighted by Crippen LogP contribution is 2.25. The van der Waals surface area contributed by atoms with Crippen molar-refractivity contribution in [3.63, 3.8) is 0 Å². The summed E-state index contributed by atoms with van der Waals surface area (Å²) in [5.41, 5.74) is 13.4. The summed E-state index contributed by atoms with van der Waals surface area (Å²) in [4.78, 5) is 14.1. The molecule has 0 radical (unpaired) electrons. The van der Waals surface area contributed by atoms with Gasteiger partial charge in [-0.25, -0.2) is 9.38 Å². The van der Waals surface area contributed by atoms with E-state index in [1.165, 1.54) is 11.1 Å². The Kier molecular flexibility index (Phi) is 7.37. The van der Waals surface area contributed by atoms with Crippen molar-refractivity contribution in [2.24, 2.45) is 27.4 Å². The van der Waals surface area contributed by atoms with Gasteiger partial charge in [-0.15, -0.1) is 17.0 Å². The van der Waals surface area contributed by atoms with Gasteiger partial charge in [0.15, 0.2) is 5.66 Å². The molecule has 29 heavy (non-hydrogen) atoms. The van der Waals surface area contributed by atoms with Crippen LogP contribution in [-0.2, 0) is 11.3 Å². The van der Waals surface area contributed by atoms with Crippen LogP contribution in [0.5, 0.6) is 0 Å². The Morgan fingerprint density at radius 1 is 1.14 bits per heavy atom. The van der Waals surface area contributed by atoms with Gasteiger partial charge >= 0.3 is 0 Å². The van der Waals surface area contributed by atoms with Crippen LogP contribution in [0.2, 0.25) is 0 Å². The van der Waals surface area contributed by atoms with E-state index in [1.807, 2.05) is 56.3 Å². The number of nitrogens with two attached hydrogens (primary N) is 2. The molecule has 0 saturated carbocycles. The van der Waals surface area contributed by atoms with Gasteiger partial charge in [0.2, 0.25) is 11.9 Å². The van der Waals surface area contributed by atoms with Gasteiger partial charge in [0, 0.05) is 5.56 Å². The van der Waals surface area contributed by atoms with Crippen molar-refractivity contribution in [2.45, 2.75) is 32.9 Å². The standard InChI is InChI=1S/C21H26FN5O.BrH/c1-14(13-28-27-20(24)25-19(23)26-21(27,2)3)11-15-9-10-18(22)17(12-15)16-7-5-4-6-8-16;/h4-10,12,14H,11,13H2,1-3H3,(H4,23,24,25,26);1H. The summed E-state index contributed by atoms with van der Waals surface area (Å²) >= 11 is 0. The van der Waals surface area contributed by atoms with Crippen LogP contribution in [0.25, 0.3) is 11.1 Å². The lowest BCUT2D eigenvalue weighted by Crippen LogP contribution is -2.54. The van der Waals surface area contributed by atoms with E-state index in [9.17, 15) is 4.39 Å². The molecule has 2 aromatic carbocycles. The smallest absolute Gasteiger partial charge is 0.226 e. The molecule has 0 aromatic heterocycles. The summed E-state index contributed by atoms with van der Waals surface area (Å²) in [6.45, 7) is 6.16. The monoisotopic (exact) mass is 463 g/mol. The highest BCUT2D eigenvalue weighted by molar-refractivity contribution is 8.93. The van der Waals surface area contributed by atoms with E-state index < -0.39 is 5.66 Å². The van der Waals surface area contributed by atoms with Crippen molar-refractivity contribution in [1.82, 2.24) is 5.06 Å². The number of hydrogen-bond donors (Lipinski definition) is 2. The zero-order valence-corrected chi connectivity index (χ0v) is 18.5. The maximum absolute atomic E-state index is 14.3. The van der Waals surface area contributed by atoms with Crippen LogP contribution < -0.4 is 11.5 Å². The molecule has 0 spiro atoms. The summed E-state index contributed by atoms with van der Waals surface area (Å²) in [5.74, 6) is 0.252. The first-order valence-electron chi connectivity index (χ1n) is 9.23. The molecule has 3 rings (SSSR count). The van der Waals surface area contributed by atoms with Crippen LogP contribution in [0.1, 0.15) is 26.3 Å². The van der Waals surface area contributed by atoms with E-state index in [4.69, 9.17) is 16.3 Å². The average Bonchev–Trinajstić information content (AvgIpc) is 2.62. The Bertz CT molecular complexity index is 901. The second kappa shape index (κ2) is 9.37. The van der Waals surface area contributed by atoms with E-state index >= 15 is 0 Å². The topological polar surface area (TPSA) is 89.2 Å². The number of rotatable bonds is 6. The Morgan fingerprint density at radius 3 is 2.48 bits per heavy atom. The van der Waals surface area contributed by atoms with E-state index in [-0.39, 0.29) is 40.6 Å². The van der Waals surface area contributed by atoms with Crippen molar-refractivity contribution in [3.05, 3.63) is 59.9 Å². The van der Waals surface area contributed by atoms with Gasteiger partial charge in [0.25, 0.3) is 0 Å². The Labute approximate surface area is 181 Å². The molecule has 156 valence electrons. The lowest BCUT2D eigenvalue weighted by atomic mass is 9.97. The highest BCUT2D eigenvalue weighted by atomic mass is 79.9. The molecule has 0 saturated heterocycles. The number of aliphatic imine (C=N–C) groups is 2. The lowest BCUT2D eigenvalue weighted by molar-refractivity contribution is -0.165. The third kappa shape index (κ3) is 5.55. The molecular formula is C21H27BrFN5O. The van der Waals surface area contributed by atoms with Gasteiger partial charge in [0.1, 0.15) is 5.82 Å². The summed E-state index contributed by atoms with van der Waals surface area (Å²) in [6.07, 6.45) is 0.733. The van der Waals surface area contributed by atoms with Gasteiger partial charge in [-0.1, -0.05) is 43.3 Å². The molecule has 8 heteroatoms. The van der Waals surface area contributed by atoms with Crippen LogP contribution >= 0.6 is 17.0 Å². The molecule has 0 fully saturated rings. The van der Waals surface area contributed by atoms with Crippen LogP contribution in [0.3, 0.4) is 0 Å². The van der Waals surface area contributed by atoms with Crippen molar-refractivity contribution < 1.29 is 9.23 Å². The molecule has 1 atom stereocenters. The minimum absolute atomic E-state index is 0. The second-order valence-electron chi connectivity index (χ2n) is 7.51. The normalized spacial score (nSPS) is 16.5. The molecule has 0 amide bonds. The largest absolute Gasteiger partial charge is 0.368 e. The highest BCUT2D eigenvalue weighted by Gasteiger charge is 2.33. The fraction of sp³-hybridized carbons (Fsp3) is 0.333. The van der Waals surface area contributed by atoms with Crippen molar-refractivity contribution in [3.8, 4) is 11.1 Å². The second-order valence-corrected chi connectivity index (χ2v) is 7.51. The summed E-state index contributed by atoms with van der Waals surface area (Å²) in [5, 5.41) is 1.47. The van der Waals surface area contributed by atoms with Crippen LogP contribution in [0.4, 0.5) is 4.39 Å². The zero-order chi connectivity index (χ0) is 20.3. The molecule has 1 aliphatic rings. The van der Waals surface area contributed by atoms with Crippen molar-refractivity contribution in [2.75, 3.05) is 6.61 Å². The minimum Gasteiger partial charge on any atom is -0.368 e. The lowest BCUT2D eigenvalue weighted by Gasteiger charge is -2.37. The van der Waals surface area contributed by atoms with E-state index in [0.29, 0.717) is 12.2 Å². The number of hydrogen-bond acceptors (Lipinski definition) is 6. The van der Waals surface area contributed by atoms with Crippen molar-refractivity contribution >= 4 is 28.9 Å². The summed E-state index contributed by atoms with van der Waals surface area (Å²) in [6, 6.07) is 14.7. The van der Waals surface area contributed by atoms with E-state index in [2.05, 4.69) is 16.9 Å². The van der Waals surface area contributed by atoms with Crippen LogP contribution in [0, 0.1) is 11.7 Å².